The van der Waals surface area contributed by atoms with E-state index in [0.29, 0.717) is 12.0 Å². The Labute approximate surface area is 167 Å². The van der Waals surface area contributed by atoms with E-state index in [1.54, 1.807) is 12.1 Å². The van der Waals surface area contributed by atoms with Gasteiger partial charge in [0.25, 0.3) is 0 Å². The lowest BCUT2D eigenvalue weighted by molar-refractivity contribution is -0.185. The van der Waals surface area contributed by atoms with Crippen LogP contribution in [0.4, 0.5) is 17.6 Å². The predicted octanol–water partition coefficient (Wildman–Crippen LogP) is 6.75. The third-order valence-electron chi connectivity index (χ3n) is 6.13. The minimum atomic E-state index is -3.66. The first-order valence-corrected chi connectivity index (χ1v) is 10.2. The summed E-state index contributed by atoms with van der Waals surface area (Å²) in [6.07, 6.45) is 3.46. The summed E-state index contributed by atoms with van der Waals surface area (Å²) in [6.45, 7) is 0.729. The van der Waals surface area contributed by atoms with E-state index in [1.165, 1.54) is 37.8 Å². The molecule has 2 unspecified atom stereocenters. The van der Waals surface area contributed by atoms with Crippen molar-refractivity contribution < 1.29 is 27.0 Å². The molecule has 0 radical (unpaired) electrons. The fourth-order valence-electron chi connectivity index (χ4n) is 4.47. The van der Waals surface area contributed by atoms with Gasteiger partial charge >= 0.3 is 6.11 Å². The maximum atomic E-state index is 14.4. The minimum Gasteiger partial charge on any atom is -0.429 e. The van der Waals surface area contributed by atoms with E-state index in [9.17, 15) is 17.6 Å². The van der Waals surface area contributed by atoms with Crippen LogP contribution in [-0.4, -0.2) is 6.61 Å². The Kier molecular flexibility index (Phi) is 5.81. The van der Waals surface area contributed by atoms with Crippen LogP contribution in [0.1, 0.15) is 55.8 Å². The lowest BCUT2D eigenvalue weighted by atomic mass is 9.84. The molecule has 2 nitrogen and oxygen atoms in total. The van der Waals surface area contributed by atoms with Crippen LogP contribution < -0.4 is 4.74 Å². The monoisotopic (exact) mass is 408 g/mol. The highest BCUT2D eigenvalue weighted by Crippen LogP contribution is 2.40. The van der Waals surface area contributed by atoms with E-state index in [2.05, 4.69) is 4.74 Å². The molecule has 2 aromatic carbocycles. The van der Waals surface area contributed by atoms with E-state index in [1.807, 2.05) is 0 Å². The fraction of sp³-hybridized carbons (Fsp3) is 0.478. The molecule has 0 aromatic heterocycles. The third-order valence-corrected chi connectivity index (χ3v) is 6.13. The molecule has 1 aliphatic heterocycles. The first-order valence-electron chi connectivity index (χ1n) is 10.2. The second-order valence-electron chi connectivity index (χ2n) is 8.02. The van der Waals surface area contributed by atoms with E-state index >= 15 is 0 Å². The van der Waals surface area contributed by atoms with Gasteiger partial charge in [0.15, 0.2) is 11.6 Å². The highest BCUT2D eigenvalue weighted by molar-refractivity contribution is 5.29. The van der Waals surface area contributed by atoms with Crippen LogP contribution in [0.2, 0.25) is 0 Å². The van der Waals surface area contributed by atoms with Crippen molar-refractivity contribution >= 4 is 0 Å². The van der Waals surface area contributed by atoms with E-state index < -0.39 is 23.5 Å². The SMILES string of the molecule is Fc1ccc(OC(F)(F)c2ccc(C3CCC(C4CCCC4)CO3)cc2)cc1F. The lowest BCUT2D eigenvalue weighted by Crippen LogP contribution is -2.26. The number of hydrogen-bond donors (Lipinski definition) is 0. The summed E-state index contributed by atoms with van der Waals surface area (Å²) in [6, 6.07) is 8.16. The summed E-state index contributed by atoms with van der Waals surface area (Å²) in [7, 11) is 0. The van der Waals surface area contributed by atoms with Gasteiger partial charge in [-0.2, -0.15) is 8.78 Å². The van der Waals surface area contributed by atoms with Gasteiger partial charge in [-0.25, -0.2) is 8.78 Å². The fourth-order valence-corrected chi connectivity index (χ4v) is 4.47. The number of hydrogen-bond acceptors (Lipinski definition) is 2. The molecule has 1 saturated heterocycles. The molecule has 2 aliphatic rings. The largest absolute Gasteiger partial charge is 0.429 e. The second kappa shape index (κ2) is 8.34. The van der Waals surface area contributed by atoms with Crippen LogP contribution in [0.3, 0.4) is 0 Å². The molecule has 2 atom stereocenters. The molecule has 0 bridgehead atoms. The number of alkyl halides is 2. The van der Waals surface area contributed by atoms with E-state index in [-0.39, 0.29) is 11.7 Å². The first-order chi connectivity index (χ1) is 13.9. The maximum absolute atomic E-state index is 14.4. The van der Waals surface area contributed by atoms with Crippen molar-refractivity contribution in [2.24, 2.45) is 11.8 Å². The third kappa shape index (κ3) is 4.58. The first kappa shape index (κ1) is 20.2. The molecule has 0 spiro atoms. The zero-order chi connectivity index (χ0) is 20.4. The standard InChI is InChI=1S/C23H24F4O2/c24-20-11-10-19(13-21(20)25)29-23(26,27)18-8-5-16(6-9-18)22-12-7-17(14-28-22)15-3-1-2-4-15/h5-6,8-11,13,15,17,22H,1-4,7,12,14H2. The van der Waals surface area contributed by atoms with Crippen LogP contribution in [0.25, 0.3) is 0 Å². The zero-order valence-electron chi connectivity index (χ0n) is 16.1. The van der Waals surface area contributed by atoms with Gasteiger partial charge in [-0.3, -0.25) is 0 Å². The highest BCUT2D eigenvalue weighted by atomic mass is 19.3. The van der Waals surface area contributed by atoms with Crippen LogP contribution in [0.5, 0.6) is 5.75 Å². The van der Waals surface area contributed by atoms with Crippen LogP contribution >= 0.6 is 0 Å². The summed E-state index contributed by atoms with van der Waals surface area (Å²) in [4.78, 5) is 0. The Bertz CT molecular complexity index is 823. The zero-order valence-corrected chi connectivity index (χ0v) is 16.1. The molecule has 2 aromatic rings. The van der Waals surface area contributed by atoms with E-state index in [0.717, 1.165) is 43.1 Å². The van der Waals surface area contributed by atoms with Crippen molar-refractivity contribution in [2.45, 2.75) is 50.7 Å². The molecule has 0 amide bonds. The van der Waals surface area contributed by atoms with Gasteiger partial charge in [0.1, 0.15) is 5.75 Å². The van der Waals surface area contributed by atoms with Crippen LogP contribution in [-0.2, 0) is 10.8 Å². The quantitative estimate of drug-likeness (QED) is 0.510. The number of benzene rings is 2. The molecule has 1 heterocycles. The summed E-state index contributed by atoms with van der Waals surface area (Å²) in [5.41, 5.74) is 0.507. The molecule has 1 aliphatic carbocycles. The molecular formula is C23H24F4O2. The van der Waals surface area contributed by atoms with Crippen LogP contribution in [0, 0.1) is 23.5 Å². The van der Waals surface area contributed by atoms with Crippen molar-refractivity contribution in [2.75, 3.05) is 6.61 Å². The Morgan fingerprint density at radius 3 is 2.17 bits per heavy atom. The minimum absolute atomic E-state index is 0.0811. The molecule has 6 heteroatoms. The summed E-state index contributed by atoms with van der Waals surface area (Å²) in [5, 5.41) is 0. The molecule has 1 saturated carbocycles. The van der Waals surface area contributed by atoms with Crippen molar-refractivity contribution in [3.63, 3.8) is 0 Å². The molecular weight excluding hydrogens is 384 g/mol. The van der Waals surface area contributed by atoms with Gasteiger partial charge in [-0.05, 0) is 54.5 Å². The van der Waals surface area contributed by atoms with Crippen molar-refractivity contribution in [3.05, 3.63) is 65.2 Å². The average Bonchev–Trinajstić information content (AvgIpc) is 3.26. The van der Waals surface area contributed by atoms with E-state index in [4.69, 9.17) is 4.74 Å². The average molecular weight is 408 g/mol. The van der Waals surface area contributed by atoms with Gasteiger partial charge in [0, 0.05) is 6.07 Å². The Hall–Kier alpha value is -2.08. The normalized spacial score (nSPS) is 23.3. The highest BCUT2D eigenvalue weighted by Gasteiger charge is 2.35. The molecule has 0 N–H and O–H groups in total. The van der Waals surface area contributed by atoms with Gasteiger partial charge in [0.05, 0.1) is 18.3 Å². The van der Waals surface area contributed by atoms with Gasteiger partial charge in [-0.1, -0.05) is 37.8 Å². The molecule has 4 rings (SSSR count). The predicted molar refractivity (Wildman–Crippen MR) is 101 cm³/mol. The van der Waals surface area contributed by atoms with Crippen molar-refractivity contribution in [1.82, 2.24) is 0 Å². The molecule has 2 fully saturated rings. The smallest absolute Gasteiger partial charge is 0.426 e. The summed E-state index contributed by atoms with van der Waals surface area (Å²) in [5.74, 6) is -1.41. The van der Waals surface area contributed by atoms with Crippen molar-refractivity contribution in [3.8, 4) is 5.75 Å². The summed E-state index contributed by atoms with van der Waals surface area (Å²) < 4.78 is 65.6. The Morgan fingerprint density at radius 1 is 0.828 bits per heavy atom. The second-order valence-corrected chi connectivity index (χ2v) is 8.02. The molecule has 156 valence electrons. The number of rotatable bonds is 5. The van der Waals surface area contributed by atoms with Gasteiger partial charge < -0.3 is 9.47 Å². The van der Waals surface area contributed by atoms with Crippen LogP contribution in [0.15, 0.2) is 42.5 Å². The lowest BCUT2D eigenvalue weighted by Gasteiger charge is -2.32. The Balaban J connectivity index is 1.38. The molecule has 29 heavy (non-hydrogen) atoms. The topological polar surface area (TPSA) is 18.5 Å². The number of halogens is 4. The summed E-state index contributed by atoms with van der Waals surface area (Å²) >= 11 is 0. The maximum Gasteiger partial charge on any atom is 0.426 e. The van der Waals surface area contributed by atoms with Crippen molar-refractivity contribution in [1.29, 1.82) is 0 Å². The van der Waals surface area contributed by atoms with Gasteiger partial charge in [0.2, 0.25) is 0 Å². The van der Waals surface area contributed by atoms with Gasteiger partial charge in [-0.15, -0.1) is 0 Å². The Morgan fingerprint density at radius 2 is 1.55 bits per heavy atom. The number of ether oxygens (including phenoxy) is 2.